The maximum absolute atomic E-state index is 12.2. The molecule has 0 aliphatic carbocycles. The molecular formula is C18H38IN5O. The lowest BCUT2D eigenvalue weighted by Gasteiger charge is -2.25. The molecule has 0 saturated carbocycles. The smallest absolute Gasteiger partial charge is 0.239 e. The predicted molar refractivity (Wildman–Crippen MR) is 117 cm³/mol. The van der Waals surface area contributed by atoms with Crippen molar-refractivity contribution in [3.8, 4) is 0 Å². The zero-order chi connectivity index (χ0) is 18.1. The number of likely N-dealkylation sites (tertiary alicyclic amines) is 1. The van der Waals surface area contributed by atoms with Gasteiger partial charge >= 0.3 is 0 Å². The maximum atomic E-state index is 12.2. The van der Waals surface area contributed by atoms with Crippen molar-refractivity contribution in [2.24, 2.45) is 10.9 Å². The molecule has 1 saturated heterocycles. The van der Waals surface area contributed by atoms with E-state index in [-0.39, 0.29) is 35.9 Å². The molecule has 148 valence electrons. The third kappa shape index (κ3) is 8.57. The van der Waals surface area contributed by atoms with E-state index in [0.29, 0.717) is 12.0 Å². The van der Waals surface area contributed by atoms with Crippen molar-refractivity contribution in [1.82, 2.24) is 20.4 Å². The molecule has 1 heterocycles. The first kappa shape index (κ1) is 24.4. The first-order valence-electron chi connectivity index (χ1n) is 9.36. The Kier molecular flexibility index (Phi) is 12.4. The molecule has 2 unspecified atom stereocenters. The van der Waals surface area contributed by atoms with Crippen molar-refractivity contribution in [3.05, 3.63) is 0 Å². The Morgan fingerprint density at radius 2 is 2.00 bits per heavy atom. The third-order valence-electron chi connectivity index (χ3n) is 4.67. The summed E-state index contributed by atoms with van der Waals surface area (Å²) < 4.78 is 0. The number of guanidine groups is 1. The average molecular weight is 467 g/mol. The molecule has 1 rings (SSSR count). The lowest BCUT2D eigenvalue weighted by Crippen LogP contribution is -2.44. The Labute approximate surface area is 171 Å². The number of halogens is 1. The van der Waals surface area contributed by atoms with E-state index in [1.165, 1.54) is 0 Å². The van der Waals surface area contributed by atoms with E-state index in [1.807, 2.05) is 14.1 Å². The average Bonchev–Trinajstić information content (AvgIpc) is 2.98. The third-order valence-corrected chi connectivity index (χ3v) is 4.67. The first-order chi connectivity index (χ1) is 11.4. The summed E-state index contributed by atoms with van der Waals surface area (Å²) >= 11 is 0. The highest BCUT2D eigenvalue weighted by molar-refractivity contribution is 14.0. The fourth-order valence-corrected chi connectivity index (χ4v) is 2.84. The van der Waals surface area contributed by atoms with Crippen LogP contribution in [0.1, 0.15) is 47.0 Å². The molecular weight excluding hydrogens is 429 g/mol. The van der Waals surface area contributed by atoms with E-state index in [1.54, 1.807) is 4.90 Å². The van der Waals surface area contributed by atoms with Gasteiger partial charge in [-0.3, -0.25) is 14.7 Å². The molecule has 2 atom stereocenters. The molecule has 0 aromatic carbocycles. The van der Waals surface area contributed by atoms with E-state index in [2.05, 4.69) is 48.2 Å². The van der Waals surface area contributed by atoms with Gasteiger partial charge in [-0.2, -0.15) is 0 Å². The van der Waals surface area contributed by atoms with E-state index in [4.69, 9.17) is 0 Å². The number of nitrogens with one attached hydrogen (secondary N) is 2. The van der Waals surface area contributed by atoms with E-state index in [9.17, 15) is 4.79 Å². The number of hydrogen-bond donors (Lipinski definition) is 2. The molecule has 1 amide bonds. The highest BCUT2D eigenvalue weighted by Crippen LogP contribution is 2.18. The summed E-state index contributed by atoms with van der Waals surface area (Å²) in [5, 5.41) is 6.76. The molecule has 25 heavy (non-hydrogen) atoms. The van der Waals surface area contributed by atoms with Crippen LogP contribution in [0.25, 0.3) is 0 Å². The van der Waals surface area contributed by atoms with Crippen LogP contribution in [-0.2, 0) is 4.79 Å². The number of carbonyl (C=O) groups is 1. The number of aliphatic imine (C=N–C) groups is 1. The monoisotopic (exact) mass is 467 g/mol. The largest absolute Gasteiger partial charge is 0.357 e. The minimum Gasteiger partial charge on any atom is -0.357 e. The molecule has 0 bridgehead atoms. The van der Waals surface area contributed by atoms with Gasteiger partial charge in [0.1, 0.15) is 0 Å². The van der Waals surface area contributed by atoms with Crippen molar-refractivity contribution in [2.45, 2.75) is 59.0 Å². The minimum atomic E-state index is 0. The molecule has 6 nitrogen and oxygen atoms in total. The van der Waals surface area contributed by atoms with Crippen LogP contribution in [0, 0.1) is 5.92 Å². The van der Waals surface area contributed by atoms with E-state index in [0.717, 1.165) is 51.4 Å². The zero-order valence-corrected chi connectivity index (χ0v) is 19.2. The molecule has 0 spiro atoms. The standard InChI is InChI=1S/C18H37N5O.HI/c1-7-19-18(21-15(4)14(2)3)20-11-9-13-23-12-8-10-16(23)17(24)22(5)6;/h14-16H,7-13H2,1-6H3,(H2,19,20,21);1H. The van der Waals surface area contributed by atoms with Gasteiger partial charge in [0.2, 0.25) is 5.91 Å². The highest BCUT2D eigenvalue weighted by atomic mass is 127. The van der Waals surface area contributed by atoms with Crippen molar-refractivity contribution in [1.29, 1.82) is 0 Å². The topological polar surface area (TPSA) is 60.0 Å². The van der Waals surface area contributed by atoms with Gasteiger partial charge in [0.15, 0.2) is 5.96 Å². The molecule has 7 heteroatoms. The van der Waals surface area contributed by atoms with Crippen molar-refractivity contribution < 1.29 is 4.79 Å². The Morgan fingerprint density at radius 3 is 2.56 bits per heavy atom. The van der Waals surface area contributed by atoms with E-state index < -0.39 is 0 Å². The van der Waals surface area contributed by atoms with Crippen molar-refractivity contribution in [3.63, 3.8) is 0 Å². The van der Waals surface area contributed by atoms with Crippen LogP contribution < -0.4 is 10.6 Å². The predicted octanol–water partition coefficient (Wildman–Crippen LogP) is 2.15. The molecule has 1 aliphatic heterocycles. The van der Waals surface area contributed by atoms with Gasteiger partial charge in [-0.15, -0.1) is 24.0 Å². The zero-order valence-electron chi connectivity index (χ0n) is 16.8. The van der Waals surface area contributed by atoms with Crippen LogP contribution in [0.15, 0.2) is 4.99 Å². The molecule has 0 radical (unpaired) electrons. The first-order valence-corrected chi connectivity index (χ1v) is 9.36. The summed E-state index contributed by atoms with van der Waals surface area (Å²) in [6.45, 7) is 12.3. The summed E-state index contributed by atoms with van der Waals surface area (Å²) in [6, 6.07) is 0.458. The van der Waals surface area contributed by atoms with Gasteiger partial charge in [0, 0.05) is 39.8 Å². The lowest BCUT2D eigenvalue weighted by molar-refractivity contribution is -0.133. The molecule has 1 fully saturated rings. The van der Waals surface area contributed by atoms with Crippen LogP contribution in [0.2, 0.25) is 0 Å². The SMILES string of the molecule is CCNC(=NCCCN1CCCC1C(=O)N(C)C)NC(C)C(C)C.I. The van der Waals surface area contributed by atoms with Gasteiger partial charge in [0.05, 0.1) is 6.04 Å². The lowest BCUT2D eigenvalue weighted by atomic mass is 10.1. The number of hydrogen-bond acceptors (Lipinski definition) is 3. The maximum Gasteiger partial charge on any atom is 0.239 e. The molecule has 2 N–H and O–H groups in total. The Hall–Kier alpha value is -0.570. The van der Waals surface area contributed by atoms with Crippen molar-refractivity contribution in [2.75, 3.05) is 40.3 Å². The second-order valence-electron chi connectivity index (χ2n) is 7.22. The van der Waals surface area contributed by atoms with Crippen molar-refractivity contribution >= 4 is 35.8 Å². The summed E-state index contributed by atoms with van der Waals surface area (Å²) in [4.78, 5) is 20.9. The molecule has 0 aromatic rings. The van der Waals surface area contributed by atoms with Gasteiger partial charge in [-0.25, -0.2) is 0 Å². The quantitative estimate of drug-likeness (QED) is 0.249. The summed E-state index contributed by atoms with van der Waals surface area (Å²) in [6.07, 6.45) is 3.07. The highest BCUT2D eigenvalue weighted by Gasteiger charge is 2.30. The van der Waals surface area contributed by atoms with Crippen LogP contribution in [0.3, 0.4) is 0 Å². The second-order valence-corrected chi connectivity index (χ2v) is 7.22. The molecule has 1 aliphatic rings. The van der Waals surface area contributed by atoms with Gasteiger partial charge in [-0.1, -0.05) is 13.8 Å². The Bertz CT molecular complexity index is 414. The Morgan fingerprint density at radius 1 is 1.32 bits per heavy atom. The Balaban J connectivity index is 0.00000576. The number of nitrogens with zero attached hydrogens (tertiary/aromatic N) is 3. The van der Waals surface area contributed by atoms with Gasteiger partial charge in [0.25, 0.3) is 0 Å². The fourth-order valence-electron chi connectivity index (χ4n) is 2.84. The normalized spacial score (nSPS) is 19.5. The number of carbonyl (C=O) groups excluding carboxylic acids is 1. The second kappa shape index (κ2) is 12.7. The summed E-state index contributed by atoms with van der Waals surface area (Å²) in [5.74, 6) is 1.69. The van der Waals surface area contributed by atoms with E-state index >= 15 is 0 Å². The number of rotatable bonds is 8. The van der Waals surface area contributed by atoms with Gasteiger partial charge < -0.3 is 15.5 Å². The van der Waals surface area contributed by atoms with Crippen LogP contribution >= 0.6 is 24.0 Å². The summed E-state index contributed by atoms with van der Waals surface area (Å²) in [7, 11) is 3.68. The fraction of sp³-hybridized carbons (Fsp3) is 0.889. The molecule has 0 aromatic heterocycles. The van der Waals surface area contributed by atoms with Crippen LogP contribution in [0.5, 0.6) is 0 Å². The van der Waals surface area contributed by atoms with Crippen LogP contribution in [0.4, 0.5) is 0 Å². The van der Waals surface area contributed by atoms with Gasteiger partial charge in [-0.05, 0) is 45.6 Å². The number of amides is 1. The minimum absolute atomic E-state index is 0. The summed E-state index contributed by atoms with van der Waals surface area (Å²) in [5.41, 5.74) is 0. The number of likely N-dealkylation sites (N-methyl/N-ethyl adjacent to an activating group) is 1. The van der Waals surface area contributed by atoms with Crippen LogP contribution in [-0.4, -0.2) is 74.0 Å².